The second-order valence-corrected chi connectivity index (χ2v) is 7.98. The van der Waals surface area contributed by atoms with Crippen molar-refractivity contribution in [3.05, 3.63) is 59.9 Å². The molecule has 0 radical (unpaired) electrons. The van der Waals surface area contributed by atoms with Gasteiger partial charge in [-0.1, -0.05) is 38.8 Å². The van der Waals surface area contributed by atoms with Crippen molar-refractivity contribution in [1.29, 1.82) is 0 Å². The number of fused-ring (bicyclic) bond motifs is 3. The molecule has 27 heavy (non-hydrogen) atoms. The number of hydrogen-bond acceptors (Lipinski definition) is 3. The van der Waals surface area contributed by atoms with Gasteiger partial charge in [-0.3, -0.25) is 4.98 Å². The normalized spacial score (nSPS) is 15.4. The topological polar surface area (TPSA) is 38.9 Å². The number of rotatable bonds is 3. The fourth-order valence-electron chi connectivity index (χ4n) is 4.30. The van der Waals surface area contributed by atoms with Crippen LogP contribution in [-0.2, 0) is 0 Å². The van der Waals surface area contributed by atoms with E-state index >= 15 is 0 Å². The Morgan fingerprint density at radius 3 is 2.67 bits per heavy atom. The van der Waals surface area contributed by atoms with Gasteiger partial charge in [-0.25, -0.2) is 4.98 Å². The van der Waals surface area contributed by atoms with E-state index in [9.17, 15) is 0 Å². The predicted molar refractivity (Wildman–Crippen MR) is 110 cm³/mol. The summed E-state index contributed by atoms with van der Waals surface area (Å²) in [5, 5.41) is 2.21. The summed E-state index contributed by atoms with van der Waals surface area (Å²) in [6.45, 7) is 4.41. The number of benzene rings is 1. The lowest BCUT2D eigenvalue weighted by atomic mass is 10.0. The van der Waals surface area contributed by atoms with Gasteiger partial charge in [0.25, 0.3) is 0 Å². The van der Waals surface area contributed by atoms with E-state index in [0.29, 0.717) is 11.8 Å². The molecule has 0 N–H and O–H groups in total. The molecule has 1 aliphatic rings. The van der Waals surface area contributed by atoms with Gasteiger partial charge in [0.2, 0.25) is 5.71 Å². The van der Waals surface area contributed by atoms with E-state index in [0.717, 1.165) is 33.3 Å². The van der Waals surface area contributed by atoms with Gasteiger partial charge in [0.1, 0.15) is 5.58 Å². The summed E-state index contributed by atoms with van der Waals surface area (Å²) in [6, 6.07) is 14.9. The minimum Gasteiger partial charge on any atom is -0.437 e. The first-order chi connectivity index (χ1) is 13.2. The standard InChI is InChI=1S/C24H24N2O/c1-15(2)17-12-13-25-22(14-17)20-9-5-8-18-19-10-11-21(16-6-3-4-7-16)26-24(19)27-23(18)20/h5,8-16H,3-4,6-7H2,1-2H3. The molecule has 1 aliphatic carbocycles. The Balaban J connectivity index is 1.67. The Labute approximate surface area is 159 Å². The molecule has 1 saturated carbocycles. The van der Waals surface area contributed by atoms with Gasteiger partial charge in [-0.15, -0.1) is 0 Å². The van der Waals surface area contributed by atoms with Crippen molar-refractivity contribution in [3.63, 3.8) is 0 Å². The molecule has 5 rings (SSSR count). The van der Waals surface area contributed by atoms with Crippen LogP contribution in [0.5, 0.6) is 0 Å². The second kappa shape index (κ2) is 6.49. The van der Waals surface area contributed by atoms with Crippen LogP contribution < -0.4 is 0 Å². The third-order valence-electron chi connectivity index (χ3n) is 5.89. The zero-order valence-corrected chi connectivity index (χ0v) is 15.9. The fourth-order valence-corrected chi connectivity index (χ4v) is 4.30. The lowest BCUT2D eigenvalue weighted by Gasteiger charge is -2.07. The predicted octanol–water partition coefficient (Wildman–Crippen LogP) is 6.82. The number of para-hydroxylation sites is 1. The minimum absolute atomic E-state index is 0.470. The van der Waals surface area contributed by atoms with Gasteiger partial charge in [-0.2, -0.15) is 0 Å². The molecular weight excluding hydrogens is 332 g/mol. The molecule has 0 atom stereocenters. The zero-order chi connectivity index (χ0) is 18.4. The summed E-state index contributed by atoms with van der Waals surface area (Å²) in [6.07, 6.45) is 7.01. The molecule has 3 heterocycles. The Kier molecular flexibility index (Phi) is 3.96. The highest BCUT2D eigenvalue weighted by atomic mass is 16.3. The van der Waals surface area contributed by atoms with Crippen molar-refractivity contribution in [2.75, 3.05) is 0 Å². The first-order valence-electron chi connectivity index (χ1n) is 9.99. The molecule has 4 aromatic rings. The summed E-state index contributed by atoms with van der Waals surface area (Å²) in [5.74, 6) is 1.06. The van der Waals surface area contributed by atoms with E-state index in [-0.39, 0.29) is 0 Å². The van der Waals surface area contributed by atoms with Gasteiger partial charge in [0.05, 0.1) is 5.69 Å². The molecule has 0 unspecified atom stereocenters. The number of aromatic nitrogens is 2. The lowest BCUT2D eigenvalue weighted by Crippen LogP contribution is -1.95. The molecule has 0 spiro atoms. The van der Waals surface area contributed by atoms with Gasteiger partial charge in [-0.05, 0) is 54.7 Å². The SMILES string of the molecule is CC(C)c1ccnc(-c2cccc3c2oc2nc(C4CCCC4)ccc23)c1. The van der Waals surface area contributed by atoms with Crippen LogP contribution in [-0.4, -0.2) is 9.97 Å². The molecule has 136 valence electrons. The van der Waals surface area contributed by atoms with E-state index < -0.39 is 0 Å². The monoisotopic (exact) mass is 356 g/mol. The average Bonchev–Trinajstić information content (AvgIpc) is 3.35. The van der Waals surface area contributed by atoms with Crippen molar-refractivity contribution in [2.45, 2.75) is 51.4 Å². The molecule has 0 saturated heterocycles. The highest BCUT2D eigenvalue weighted by Crippen LogP contribution is 2.38. The van der Waals surface area contributed by atoms with Crippen LogP contribution in [0.15, 0.2) is 53.1 Å². The second-order valence-electron chi connectivity index (χ2n) is 7.98. The van der Waals surface area contributed by atoms with E-state index in [1.165, 1.54) is 36.9 Å². The van der Waals surface area contributed by atoms with Crippen molar-refractivity contribution >= 4 is 22.1 Å². The van der Waals surface area contributed by atoms with Crippen molar-refractivity contribution in [1.82, 2.24) is 9.97 Å². The molecule has 0 aliphatic heterocycles. The molecule has 1 aromatic carbocycles. The van der Waals surface area contributed by atoms with Crippen molar-refractivity contribution in [2.24, 2.45) is 0 Å². The highest BCUT2D eigenvalue weighted by Gasteiger charge is 2.20. The maximum atomic E-state index is 6.29. The van der Waals surface area contributed by atoms with Gasteiger partial charge in [0, 0.05) is 34.1 Å². The summed E-state index contributed by atoms with van der Waals surface area (Å²) in [5.41, 5.74) is 6.10. The minimum atomic E-state index is 0.470. The maximum absolute atomic E-state index is 6.29. The number of pyridine rings is 2. The van der Waals surface area contributed by atoms with Gasteiger partial charge < -0.3 is 4.42 Å². The number of furan rings is 1. The first-order valence-corrected chi connectivity index (χ1v) is 9.99. The van der Waals surface area contributed by atoms with Crippen molar-refractivity contribution in [3.8, 4) is 11.3 Å². The summed E-state index contributed by atoms with van der Waals surface area (Å²) in [7, 11) is 0. The smallest absolute Gasteiger partial charge is 0.227 e. The van der Waals surface area contributed by atoms with Gasteiger partial charge in [0.15, 0.2) is 0 Å². The first kappa shape index (κ1) is 16.5. The molecule has 3 heteroatoms. The Morgan fingerprint density at radius 1 is 1.00 bits per heavy atom. The molecule has 0 bridgehead atoms. The third-order valence-corrected chi connectivity index (χ3v) is 5.89. The fraction of sp³-hybridized carbons (Fsp3) is 0.333. The van der Waals surface area contributed by atoms with E-state index in [1.807, 2.05) is 6.20 Å². The van der Waals surface area contributed by atoms with Crippen LogP contribution in [0.1, 0.15) is 62.6 Å². The highest BCUT2D eigenvalue weighted by molar-refractivity contribution is 6.08. The van der Waals surface area contributed by atoms with Crippen LogP contribution in [0.2, 0.25) is 0 Å². The van der Waals surface area contributed by atoms with Crippen LogP contribution >= 0.6 is 0 Å². The summed E-state index contributed by atoms with van der Waals surface area (Å²) >= 11 is 0. The zero-order valence-electron chi connectivity index (χ0n) is 15.9. The average molecular weight is 356 g/mol. The van der Waals surface area contributed by atoms with E-state index in [2.05, 4.69) is 61.3 Å². The van der Waals surface area contributed by atoms with E-state index in [4.69, 9.17) is 9.40 Å². The molecule has 0 amide bonds. The Hall–Kier alpha value is -2.68. The van der Waals surface area contributed by atoms with Crippen molar-refractivity contribution < 1.29 is 4.42 Å². The lowest BCUT2D eigenvalue weighted by molar-refractivity contribution is 0.638. The summed E-state index contributed by atoms with van der Waals surface area (Å²) < 4.78 is 6.29. The van der Waals surface area contributed by atoms with Crippen LogP contribution in [0.25, 0.3) is 33.3 Å². The summed E-state index contributed by atoms with van der Waals surface area (Å²) in [4.78, 5) is 9.50. The van der Waals surface area contributed by atoms with Gasteiger partial charge >= 0.3 is 0 Å². The third kappa shape index (κ3) is 2.82. The maximum Gasteiger partial charge on any atom is 0.227 e. The molecule has 3 nitrogen and oxygen atoms in total. The van der Waals surface area contributed by atoms with Crippen LogP contribution in [0.3, 0.4) is 0 Å². The Bertz CT molecular complexity index is 1120. The largest absolute Gasteiger partial charge is 0.437 e. The molecule has 1 fully saturated rings. The number of nitrogens with zero attached hydrogens (tertiary/aromatic N) is 2. The van der Waals surface area contributed by atoms with Crippen LogP contribution in [0, 0.1) is 0 Å². The Morgan fingerprint density at radius 2 is 1.85 bits per heavy atom. The van der Waals surface area contributed by atoms with E-state index in [1.54, 1.807) is 0 Å². The number of hydrogen-bond donors (Lipinski definition) is 0. The van der Waals surface area contributed by atoms with Crippen LogP contribution in [0.4, 0.5) is 0 Å². The quantitative estimate of drug-likeness (QED) is 0.404. The molecule has 3 aromatic heterocycles. The molecular formula is C24H24N2O.